The standard InChI is InChI=1S/C8H11FN4O/c9-7-1-2-12(3-7)8(14)4-13-6-10-5-11-13/h5-7H,1-4H2. The quantitative estimate of drug-likeness (QED) is 0.664. The molecule has 1 aliphatic rings. The fourth-order valence-electron chi connectivity index (χ4n) is 1.50. The molecule has 2 rings (SSSR count). The first-order chi connectivity index (χ1) is 6.75. The number of carbonyl (C=O) groups excluding carboxylic acids is 1. The Kier molecular flexibility index (Phi) is 2.43. The lowest BCUT2D eigenvalue weighted by Crippen LogP contribution is -2.32. The van der Waals surface area contributed by atoms with Crippen molar-refractivity contribution in [3.05, 3.63) is 12.7 Å². The van der Waals surface area contributed by atoms with Crippen LogP contribution in [-0.4, -0.2) is 44.8 Å². The maximum absolute atomic E-state index is 12.8. The Bertz CT molecular complexity index is 313. The summed E-state index contributed by atoms with van der Waals surface area (Å²) in [5.74, 6) is -0.101. The molecule has 14 heavy (non-hydrogen) atoms. The van der Waals surface area contributed by atoms with Crippen LogP contribution in [0.5, 0.6) is 0 Å². The number of likely N-dealkylation sites (tertiary alicyclic amines) is 1. The lowest BCUT2D eigenvalue weighted by atomic mass is 10.3. The maximum atomic E-state index is 12.8. The molecule has 1 amide bonds. The zero-order valence-corrected chi connectivity index (χ0v) is 7.64. The highest BCUT2D eigenvalue weighted by Crippen LogP contribution is 2.12. The number of hydrogen-bond donors (Lipinski definition) is 0. The molecule has 0 aliphatic carbocycles. The summed E-state index contributed by atoms with van der Waals surface area (Å²) in [6, 6.07) is 0. The molecule has 1 unspecified atom stereocenters. The van der Waals surface area contributed by atoms with Crippen molar-refractivity contribution in [2.24, 2.45) is 0 Å². The Morgan fingerprint density at radius 2 is 2.50 bits per heavy atom. The second kappa shape index (κ2) is 3.73. The number of nitrogens with zero attached hydrogens (tertiary/aromatic N) is 4. The molecule has 1 atom stereocenters. The number of amides is 1. The Morgan fingerprint density at radius 3 is 3.07 bits per heavy atom. The molecule has 0 saturated carbocycles. The van der Waals surface area contributed by atoms with Gasteiger partial charge < -0.3 is 4.90 Å². The molecular formula is C8H11FN4O. The average molecular weight is 198 g/mol. The van der Waals surface area contributed by atoms with Gasteiger partial charge in [0, 0.05) is 6.54 Å². The molecule has 0 aromatic carbocycles. The van der Waals surface area contributed by atoms with E-state index in [1.165, 1.54) is 22.2 Å². The lowest BCUT2D eigenvalue weighted by molar-refractivity contribution is -0.131. The van der Waals surface area contributed by atoms with Gasteiger partial charge in [-0.1, -0.05) is 0 Å². The van der Waals surface area contributed by atoms with Crippen LogP contribution in [0.1, 0.15) is 6.42 Å². The lowest BCUT2D eigenvalue weighted by Gasteiger charge is -2.14. The van der Waals surface area contributed by atoms with Gasteiger partial charge in [-0.2, -0.15) is 5.10 Å². The number of halogens is 1. The third-order valence-corrected chi connectivity index (χ3v) is 2.25. The van der Waals surface area contributed by atoms with Gasteiger partial charge in [0.1, 0.15) is 25.4 Å². The van der Waals surface area contributed by atoms with Gasteiger partial charge in [0.25, 0.3) is 0 Å². The van der Waals surface area contributed by atoms with E-state index in [0.29, 0.717) is 13.0 Å². The van der Waals surface area contributed by atoms with E-state index in [9.17, 15) is 9.18 Å². The van der Waals surface area contributed by atoms with E-state index in [0.717, 1.165) is 0 Å². The highest BCUT2D eigenvalue weighted by molar-refractivity contribution is 5.76. The van der Waals surface area contributed by atoms with Crippen LogP contribution in [0.3, 0.4) is 0 Å². The van der Waals surface area contributed by atoms with Gasteiger partial charge in [-0.05, 0) is 6.42 Å². The van der Waals surface area contributed by atoms with E-state index >= 15 is 0 Å². The fourth-order valence-corrected chi connectivity index (χ4v) is 1.50. The van der Waals surface area contributed by atoms with E-state index in [2.05, 4.69) is 10.1 Å². The summed E-state index contributed by atoms with van der Waals surface area (Å²) in [4.78, 5) is 16.8. The first kappa shape index (κ1) is 9.11. The fraction of sp³-hybridized carbons (Fsp3) is 0.625. The van der Waals surface area contributed by atoms with E-state index < -0.39 is 6.17 Å². The van der Waals surface area contributed by atoms with Crippen molar-refractivity contribution in [2.75, 3.05) is 13.1 Å². The summed E-state index contributed by atoms with van der Waals surface area (Å²) in [5.41, 5.74) is 0. The molecule has 1 saturated heterocycles. The van der Waals surface area contributed by atoms with Crippen molar-refractivity contribution in [3.63, 3.8) is 0 Å². The molecule has 76 valence electrons. The zero-order chi connectivity index (χ0) is 9.97. The van der Waals surface area contributed by atoms with Crippen molar-refractivity contribution in [1.29, 1.82) is 0 Å². The summed E-state index contributed by atoms with van der Waals surface area (Å²) >= 11 is 0. The summed E-state index contributed by atoms with van der Waals surface area (Å²) in [6.07, 6.45) is 2.42. The van der Waals surface area contributed by atoms with Crippen molar-refractivity contribution in [1.82, 2.24) is 19.7 Å². The molecule has 0 bridgehead atoms. The Hall–Kier alpha value is -1.46. The normalized spacial score (nSPS) is 21.5. The van der Waals surface area contributed by atoms with Crippen LogP contribution in [0.4, 0.5) is 4.39 Å². The third-order valence-electron chi connectivity index (χ3n) is 2.25. The first-order valence-electron chi connectivity index (χ1n) is 4.50. The number of alkyl halides is 1. The smallest absolute Gasteiger partial charge is 0.244 e. The molecule has 1 aromatic rings. The monoisotopic (exact) mass is 198 g/mol. The Morgan fingerprint density at radius 1 is 1.64 bits per heavy atom. The first-order valence-corrected chi connectivity index (χ1v) is 4.50. The van der Waals surface area contributed by atoms with Crippen LogP contribution >= 0.6 is 0 Å². The van der Waals surface area contributed by atoms with E-state index in [-0.39, 0.29) is 19.0 Å². The predicted molar refractivity (Wildman–Crippen MR) is 46.1 cm³/mol. The maximum Gasteiger partial charge on any atom is 0.244 e. The van der Waals surface area contributed by atoms with Gasteiger partial charge in [0.2, 0.25) is 5.91 Å². The van der Waals surface area contributed by atoms with Gasteiger partial charge in [-0.15, -0.1) is 0 Å². The molecule has 1 aliphatic heterocycles. The third kappa shape index (κ3) is 1.89. The predicted octanol–water partition coefficient (Wildman–Crippen LogP) is -0.151. The van der Waals surface area contributed by atoms with Gasteiger partial charge in [-0.3, -0.25) is 4.79 Å². The molecule has 1 fully saturated rings. The molecule has 0 spiro atoms. The van der Waals surface area contributed by atoms with Crippen LogP contribution in [0.2, 0.25) is 0 Å². The molecule has 1 aromatic heterocycles. The topological polar surface area (TPSA) is 51.0 Å². The SMILES string of the molecule is O=C(Cn1cncn1)N1CCC(F)C1. The highest BCUT2D eigenvalue weighted by atomic mass is 19.1. The summed E-state index contributed by atoms with van der Waals surface area (Å²) in [5, 5.41) is 3.81. The van der Waals surface area contributed by atoms with Crippen LogP contribution in [-0.2, 0) is 11.3 Å². The van der Waals surface area contributed by atoms with E-state index in [4.69, 9.17) is 0 Å². The number of carbonyl (C=O) groups is 1. The van der Waals surface area contributed by atoms with Crippen LogP contribution in [0.15, 0.2) is 12.7 Å². The highest BCUT2D eigenvalue weighted by Gasteiger charge is 2.25. The minimum atomic E-state index is -0.866. The number of aromatic nitrogens is 3. The van der Waals surface area contributed by atoms with E-state index in [1.54, 1.807) is 0 Å². The van der Waals surface area contributed by atoms with Crippen molar-refractivity contribution in [3.8, 4) is 0 Å². The molecule has 2 heterocycles. The van der Waals surface area contributed by atoms with Crippen molar-refractivity contribution >= 4 is 5.91 Å². The molecule has 0 N–H and O–H groups in total. The van der Waals surface area contributed by atoms with Gasteiger partial charge >= 0.3 is 0 Å². The second-order valence-corrected chi connectivity index (χ2v) is 3.32. The van der Waals surface area contributed by atoms with Gasteiger partial charge in [-0.25, -0.2) is 14.1 Å². The minimum Gasteiger partial charge on any atom is -0.338 e. The van der Waals surface area contributed by atoms with Crippen LogP contribution in [0.25, 0.3) is 0 Å². The molecule has 0 radical (unpaired) electrons. The number of hydrogen-bond acceptors (Lipinski definition) is 3. The second-order valence-electron chi connectivity index (χ2n) is 3.32. The molecular weight excluding hydrogens is 187 g/mol. The summed E-state index contributed by atoms with van der Waals surface area (Å²) in [6.45, 7) is 0.870. The summed E-state index contributed by atoms with van der Waals surface area (Å²) in [7, 11) is 0. The largest absolute Gasteiger partial charge is 0.338 e. The van der Waals surface area contributed by atoms with E-state index in [1.807, 2.05) is 0 Å². The van der Waals surface area contributed by atoms with Crippen molar-refractivity contribution < 1.29 is 9.18 Å². The van der Waals surface area contributed by atoms with Crippen LogP contribution in [0, 0.1) is 0 Å². The van der Waals surface area contributed by atoms with Gasteiger partial charge in [0.05, 0.1) is 6.54 Å². The molecule has 5 nitrogen and oxygen atoms in total. The summed E-state index contributed by atoms with van der Waals surface area (Å²) < 4.78 is 14.2. The average Bonchev–Trinajstić information content (AvgIpc) is 2.75. The zero-order valence-electron chi connectivity index (χ0n) is 7.64. The van der Waals surface area contributed by atoms with Crippen molar-refractivity contribution in [2.45, 2.75) is 19.1 Å². The van der Waals surface area contributed by atoms with Gasteiger partial charge in [0.15, 0.2) is 0 Å². The Labute approximate surface area is 80.5 Å². The van der Waals surface area contributed by atoms with Crippen LogP contribution < -0.4 is 0 Å². The molecule has 6 heteroatoms. The minimum absolute atomic E-state index is 0.101. The Balaban J connectivity index is 1.90. The number of rotatable bonds is 2.